The number of carbonyl (C=O) groups excluding carboxylic acids is 1. The van der Waals surface area contributed by atoms with E-state index in [1.54, 1.807) is 0 Å². The van der Waals surface area contributed by atoms with E-state index in [0.717, 1.165) is 25.1 Å². The van der Waals surface area contributed by atoms with Crippen LogP contribution in [-0.4, -0.2) is 25.0 Å². The first-order valence-electron chi connectivity index (χ1n) is 5.40. The molecule has 0 aromatic heterocycles. The maximum atomic E-state index is 11.7. The topological polar surface area (TPSA) is 41.1 Å². The fourth-order valence-corrected chi connectivity index (χ4v) is 1.55. The average molecular weight is 204 g/mol. The first-order chi connectivity index (χ1) is 7.29. The Labute approximate surface area is 89.9 Å². The summed E-state index contributed by atoms with van der Waals surface area (Å²) in [5.41, 5.74) is 2.01. The van der Waals surface area contributed by atoms with E-state index in [1.165, 1.54) is 5.56 Å². The van der Waals surface area contributed by atoms with Crippen LogP contribution in [0.1, 0.15) is 22.8 Å². The molecule has 80 valence electrons. The van der Waals surface area contributed by atoms with Crippen LogP contribution in [0.5, 0.6) is 0 Å². The van der Waals surface area contributed by atoms with Gasteiger partial charge in [0.1, 0.15) is 0 Å². The number of rotatable bonds is 3. The third kappa shape index (κ3) is 2.36. The molecule has 3 nitrogen and oxygen atoms in total. The maximum Gasteiger partial charge on any atom is 0.251 e. The van der Waals surface area contributed by atoms with Crippen LogP contribution in [0.15, 0.2) is 24.3 Å². The van der Waals surface area contributed by atoms with Crippen LogP contribution in [-0.2, 0) is 6.42 Å². The van der Waals surface area contributed by atoms with Crippen molar-refractivity contribution in [3.05, 3.63) is 35.4 Å². The SMILES string of the molecule is CCc1ccc(C(=O)NC2CNC2)cc1. The molecule has 1 saturated heterocycles. The first kappa shape index (κ1) is 10.2. The predicted octanol–water partition coefficient (Wildman–Crippen LogP) is 0.951. The molecule has 0 radical (unpaired) electrons. The second-order valence-corrected chi connectivity index (χ2v) is 3.88. The third-order valence-electron chi connectivity index (χ3n) is 2.74. The van der Waals surface area contributed by atoms with Gasteiger partial charge >= 0.3 is 0 Å². The summed E-state index contributed by atoms with van der Waals surface area (Å²) in [5, 5.41) is 6.09. The van der Waals surface area contributed by atoms with Crippen LogP contribution in [0.4, 0.5) is 0 Å². The Hall–Kier alpha value is -1.35. The molecule has 0 atom stereocenters. The van der Waals surface area contributed by atoms with Crippen LogP contribution in [0.3, 0.4) is 0 Å². The molecule has 1 heterocycles. The summed E-state index contributed by atoms with van der Waals surface area (Å²) in [4.78, 5) is 11.7. The standard InChI is InChI=1S/C12H16N2O/c1-2-9-3-5-10(6-4-9)12(15)14-11-7-13-8-11/h3-6,11,13H,2,7-8H2,1H3,(H,14,15). The van der Waals surface area contributed by atoms with Crippen LogP contribution < -0.4 is 10.6 Å². The molecule has 0 spiro atoms. The molecular formula is C12H16N2O. The van der Waals surface area contributed by atoms with Gasteiger partial charge in [0.2, 0.25) is 0 Å². The van der Waals surface area contributed by atoms with Gasteiger partial charge in [-0.25, -0.2) is 0 Å². The Morgan fingerprint density at radius 1 is 1.40 bits per heavy atom. The normalized spacial score (nSPS) is 15.8. The van der Waals surface area contributed by atoms with Gasteiger partial charge in [0.15, 0.2) is 0 Å². The number of amides is 1. The molecule has 0 bridgehead atoms. The molecule has 1 aromatic carbocycles. The predicted molar refractivity (Wildman–Crippen MR) is 59.9 cm³/mol. The molecule has 1 fully saturated rings. The molecule has 1 aliphatic heterocycles. The van der Waals surface area contributed by atoms with Crippen molar-refractivity contribution in [2.75, 3.05) is 13.1 Å². The van der Waals surface area contributed by atoms with Gasteiger partial charge in [0, 0.05) is 18.7 Å². The highest BCUT2D eigenvalue weighted by molar-refractivity contribution is 5.94. The van der Waals surface area contributed by atoms with E-state index in [4.69, 9.17) is 0 Å². The lowest BCUT2D eigenvalue weighted by atomic mass is 10.1. The van der Waals surface area contributed by atoms with Crippen molar-refractivity contribution < 1.29 is 4.79 Å². The van der Waals surface area contributed by atoms with Gasteiger partial charge in [-0.1, -0.05) is 19.1 Å². The van der Waals surface area contributed by atoms with Crippen molar-refractivity contribution in [1.29, 1.82) is 0 Å². The molecule has 1 aromatic rings. The molecule has 3 heteroatoms. The van der Waals surface area contributed by atoms with Crippen molar-refractivity contribution in [2.24, 2.45) is 0 Å². The zero-order chi connectivity index (χ0) is 10.7. The monoisotopic (exact) mass is 204 g/mol. The minimum absolute atomic E-state index is 0.0316. The molecular weight excluding hydrogens is 188 g/mol. The first-order valence-corrected chi connectivity index (χ1v) is 5.40. The van der Waals surface area contributed by atoms with E-state index >= 15 is 0 Å². The van der Waals surface area contributed by atoms with E-state index in [2.05, 4.69) is 17.6 Å². The Morgan fingerprint density at radius 3 is 2.53 bits per heavy atom. The van der Waals surface area contributed by atoms with Gasteiger partial charge in [-0.3, -0.25) is 4.79 Å². The Kier molecular flexibility index (Phi) is 3.02. The van der Waals surface area contributed by atoms with Gasteiger partial charge in [0.25, 0.3) is 5.91 Å². The maximum absolute atomic E-state index is 11.7. The third-order valence-corrected chi connectivity index (χ3v) is 2.74. The van der Waals surface area contributed by atoms with Crippen molar-refractivity contribution >= 4 is 5.91 Å². The Bertz CT molecular complexity index is 341. The smallest absolute Gasteiger partial charge is 0.251 e. The van der Waals surface area contributed by atoms with E-state index in [-0.39, 0.29) is 5.91 Å². The van der Waals surface area contributed by atoms with Crippen molar-refractivity contribution in [3.63, 3.8) is 0 Å². The average Bonchev–Trinajstić information content (AvgIpc) is 2.23. The summed E-state index contributed by atoms with van der Waals surface area (Å²) in [6.45, 7) is 3.88. The lowest BCUT2D eigenvalue weighted by Gasteiger charge is -2.27. The van der Waals surface area contributed by atoms with E-state index in [1.807, 2.05) is 24.3 Å². The van der Waals surface area contributed by atoms with Gasteiger partial charge in [-0.2, -0.15) is 0 Å². The summed E-state index contributed by atoms with van der Waals surface area (Å²) in [6.07, 6.45) is 1.01. The molecule has 2 rings (SSSR count). The van der Waals surface area contributed by atoms with E-state index in [0.29, 0.717) is 6.04 Å². The number of hydrogen-bond donors (Lipinski definition) is 2. The molecule has 1 aliphatic rings. The second-order valence-electron chi connectivity index (χ2n) is 3.88. The van der Waals surface area contributed by atoms with Crippen LogP contribution in [0, 0.1) is 0 Å². The van der Waals surface area contributed by atoms with Gasteiger partial charge < -0.3 is 10.6 Å². The van der Waals surface area contributed by atoms with Gasteiger partial charge in [0.05, 0.1) is 6.04 Å². The fourth-order valence-electron chi connectivity index (χ4n) is 1.55. The lowest BCUT2D eigenvalue weighted by molar-refractivity contribution is 0.0924. The largest absolute Gasteiger partial charge is 0.347 e. The molecule has 2 N–H and O–H groups in total. The number of carbonyl (C=O) groups is 1. The molecule has 1 amide bonds. The molecule has 0 aliphatic carbocycles. The summed E-state index contributed by atoms with van der Waals surface area (Å²) >= 11 is 0. The minimum atomic E-state index is 0.0316. The number of aryl methyl sites for hydroxylation is 1. The summed E-state index contributed by atoms with van der Waals surface area (Å²) in [7, 11) is 0. The number of nitrogens with one attached hydrogen (secondary N) is 2. The van der Waals surface area contributed by atoms with Crippen molar-refractivity contribution in [2.45, 2.75) is 19.4 Å². The minimum Gasteiger partial charge on any atom is -0.347 e. The highest BCUT2D eigenvalue weighted by Crippen LogP contribution is 2.05. The fraction of sp³-hybridized carbons (Fsp3) is 0.417. The van der Waals surface area contributed by atoms with Crippen LogP contribution in [0.2, 0.25) is 0 Å². The van der Waals surface area contributed by atoms with E-state index in [9.17, 15) is 4.79 Å². The van der Waals surface area contributed by atoms with Crippen molar-refractivity contribution in [1.82, 2.24) is 10.6 Å². The summed E-state index contributed by atoms with van der Waals surface area (Å²) < 4.78 is 0. The quantitative estimate of drug-likeness (QED) is 0.769. The summed E-state index contributed by atoms with van der Waals surface area (Å²) in [6, 6.07) is 8.10. The second kappa shape index (κ2) is 4.45. The van der Waals surface area contributed by atoms with Gasteiger partial charge in [-0.15, -0.1) is 0 Å². The zero-order valence-corrected chi connectivity index (χ0v) is 8.92. The summed E-state index contributed by atoms with van der Waals surface area (Å²) in [5.74, 6) is 0.0316. The van der Waals surface area contributed by atoms with Crippen molar-refractivity contribution in [3.8, 4) is 0 Å². The highest BCUT2D eigenvalue weighted by atomic mass is 16.1. The molecule has 0 saturated carbocycles. The van der Waals surface area contributed by atoms with Gasteiger partial charge in [-0.05, 0) is 24.1 Å². The van der Waals surface area contributed by atoms with Crippen LogP contribution >= 0.6 is 0 Å². The Balaban J connectivity index is 1.98. The number of benzene rings is 1. The van der Waals surface area contributed by atoms with Crippen LogP contribution in [0.25, 0.3) is 0 Å². The highest BCUT2D eigenvalue weighted by Gasteiger charge is 2.19. The zero-order valence-electron chi connectivity index (χ0n) is 8.92. The molecule has 0 unspecified atom stereocenters. The molecule has 15 heavy (non-hydrogen) atoms. The Morgan fingerprint density at radius 2 is 2.07 bits per heavy atom. The lowest BCUT2D eigenvalue weighted by Crippen LogP contribution is -2.56. The number of hydrogen-bond acceptors (Lipinski definition) is 2. The van der Waals surface area contributed by atoms with E-state index < -0.39 is 0 Å².